The maximum absolute atomic E-state index is 2.43. The zero-order chi connectivity index (χ0) is 33.7. The Morgan fingerprint density at radius 2 is 1.08 bits per heavy atom. The first-order chi connectivity index (χ1) is 25.3. The molecule has 10 rings (SSSR count). The van der Waals surface area contributed by atoms with Gasteiger partial charge in [-0.1, -0.05) is 133 Å². The minimum atomic E-state index is 1.12. The highest BCUT2D eigenvalue weighted by Crippen LogP contribution is 2.46. The Balaban J connectivity index is 1.24. The van der Waals surface area contributed by atoms with Gasteiger partial charge in [-0.2, -0.15) is 0 Å². The Hall–Kier alpha value is -6.42. The van der Waals surface area contributed by atoms with Crippen LogP contribution in [0.25, 0.3) is 69.9 Å². The number of hydrogen-bond acceptors (Lipinski definition) is 2. The van der Waals surface area contributed by atoms with Gasteiger partial charge in [-0.3, -0.25) is 0 Å². The number of hydrogen-bond donors (Lipinski definition) is 0. The Morgan fingerprint density at radius 3 is 1.92 bits per heavy atom. The molecule has 8 aromatic carbocycles. The number of thiophene rings is 1. The molecule has 51 heavy (non-hydrogen) atoms. The van der Waals surface area contributed by atoms with E-state index in [9.17, 15) is 0 Å². The second-order valence-corrected chi connectivity index (χ2v) is 14.0. The molecule has 0 atom stereocenters. The van der Waals surface area contributed by atoms with Gasteiger partial charge in [0.2, 0.25) is 0 Å². The molecular weight excluding hydrogens is 637 g/mol. The van der Waals surface area contributed by atoms with Gasteiger partial charge in [0.1, 0.15) is 0 Å². The molecule has 3 heteroatoms. The van der Waals surface area contributed by atoms with Gasteiger partial charge in [-0.25, -0.2) is 0 Å². The topological polar surface area (TPSA) is 8.17 Å². The molecule has 0 N–H and O–H groups in total. The largest absolute Gasteiger partial charge is 0.309 e. The van der Waals surface area contributed by atoms with Gasteiger partial charge in [0.25, 0.3) is 0 Å². The molecule has 0 aliphatic carbocycles. The van der Waals surface area contributed by atoms with E-state index < -0.39 is 0 Å². The van der Waals surface area contributed by atoms with Crippen molar-refractivity contribution in [2.24, 2.45) is 0 Å². The van der Waals surface area contributed by atoms with Crippen molar-refractivity contribution in [3.05, 3.63) is 194 Å². The summed E-state index contributed by atoms with van der Waals surface area (Å²) in [5, 5.41) is 5.07. The molecule has 0 saturated carbocycles. The zero-order valence-electron chi connectivity index (χ0n) is 27.8. The van der Waals surface area contributed by atoms with Crippen molar-refractivity contribution in [1.29, 1.82) is 0 Å². The van der Waals surface area contributed by atoms with E-state index in [1.54, 1.807) is 0 Å². The van der Waals surface area contributed by atoms with Crippen LogP contribution in [0, 0.1) is 0 Å². The monoisotopic (exact) mass is 668 g/mol. The van der Waals surface area contributed by atoms with Crippen LogP contribution in [0.1, 0.15) is 0 Å². The molecule has 10 aromatic rings. The average Bonchev–Trinajstić information content (AvgIpc) is 3.75. The molecular formula is C48H32N2S. The number of para-hydroxylation sites is 2. The molecule has 0 aliphatic rings. The fourth-order valence-corrected chi connectivity index (χ4v) is 8.91. The number of benzene rings is 8. The van der Waals surface area contributed by atoms with E-state index in [0.29, 0.717) is 0 Å². The number of aromatic nitrogens is 1. The normalized spacial score (nSPS) is 11.5. The Bertz CT molecular complexity index is 2850. The summed E-state index contributed by atoms with van der Waals surface area (Å²) in [6, 6.07) is 70.3. The van der Waals surface area contributed by atoms with Crippen LogP contribution >= 0.6 is 11.3 Å². The highest BCUT2D eigenvalue weighted by molar-refractivity contribution is 7.26. The van der Waals surface area contributed by atoms with Crippen molar-refractivity contribution in [3.63, 3.8) is 0 Å². The van der Waals surface area contributed by atoms with E-state index in [1.165, 1.54) is 69.9 Å². The summed E-state index contributed by atoms with van der Waals surface area (Å²) >= 11 is 1.87. The van der Waals surface area contributed by atoms with E-state index >= 15 is 0 Å². The predicted molar refractivity (Wildman–Crippen MR) is 219 cm³/mol. The highest BCUT2D eigenvalue weighted by atomic mass is 32.1. The molecule has 2 nitrogen and oxygen atoms in total. The lowest BCUT2D eigenvalue weighted by atomic mass is 9.96. The molecule has 0 bridgehead atoms. The SMILES string of the molecule is c1ccc(-c2cccc(-c3cccc4c3c3ccc(N(c5ccccc5)c5cccc6c5sc5ccccc56)cc3n4-c3ccccc3)c2)cc1. The minimum Gasteiger partial charge on any atom is -0.309 e. The van der Waals surface area contributed by atoms with Crippen LogP contribution in [0.4, 0.5) is 17.1 Å². The zero-order valence-corrected chi connectivity index (χ0v) is 28.6. The number of nitrogens with zero attached hydrogens (tertiary/aromatic N) is 2. The standard InChI is InChI=1S/C48H32N2S/c1-4-15-33(16-5-1)34-17-12-18-35(31-34)39-24-13-26-43-47(39)42-30-29-38(32-45(42)50(43)37-21-8-3-9-22-37)49(36-19-6-2-7-20-36)44-27-14-25-41-40-23-10-11-28-46(40)51-48(41)44/h1-32H. The van der Waals surface area contributed by atoms with Crippen LogP contribution in [-0.2, 0) is 0 Å². The molecule has 0 saturated heterocycles. The lowest BCUT2D eigenvalue weighted by Crippen LogP contribution is -2.10. The smallest absolute Gasteiger partial charge is 0.0640 e. The van der Waals surface area contributed by atoms with Crippen LogP contribution in [-0.4, -0.2) is 4.57 Å². The third-order valence-corrected chi connectivity index (χ3v) is 11.2. The van der Waals surface area contributed by atoms with Gasteiger partial charge in [-0.05, 0) is 82.9 Å². The van der Waals surface area contributed by atoms with Crippen LogP contribution in [0.3, 0.4) is 0 Å². The van der Waals surface area contributed by atoms with Crippen molar-refractivity contribution < 1.29 is 0 Å². The van der Waals surface area contributed by atoms with Crippen LogP contribution in [0.2, 0.25) is 0 Å². The first-order valence-electron chi connectivity index (χ1n) is 17.4. The van der Waals surface area contributed by atoms with Gasteiger partial charge in [0.15, 0.2) is 0 Å². The second-order valence-electron chi connectivity index (χ2n) is 12.9. The van der Waals surface area contributed by atoms with Crippen LogP contribution in [0.15, 0.2) is 194 Å². The van der Waals surface area contributed by atoms with Crippen LogP contribution < -0.4 is 4.90 Å². The molecule has 0 fully saturated rings. The molecule has 2 aromatic heterocycles. The van der Waals surface area contributed by atoms with Crippen molar-refractivity contribution >= 4 is 70.4 Å². The second kappa shape index (κ2) is 12.2. The number of anilines is 3. The van der Waals surface area contributed by atoms with E-state index in [0.717, 1.165) is 17.1 Å². The summed E-state index contributed by atoms with van der Waals surface area (Å²) < 4.78 is 5.02. The molecule has 0 unspecified atom stereocenters. The maximum Gasteiger partial charge on any atom is 0.0640 e. The van der Waals surface area contributed by atoms with Gasteiger partial charge < -0.3 is 9.47 Å². The summed E-state index contributed by atoms with van der Waals surface area (Å²) in [5.74, 6) is 0. The van der Waals surface area contributed by atoms with Gasteiger partial charge in [0.05, 0.1) is 21.4 Å². The Labute approximate surface area is 300 Å². The van der Waals surface area contributed by atoms with E-state index in [1.807, 2.05) is 11.3 Å². The number of fused-ring (bicyclic) bond motifs is 6. The first-order valence-corrected chi connectivity index (χ1v) is 18.2. The third kappa shape index (κ3) is 4.93. The van der Waals surface area contributed by atoms with E-state index in [4.69, 9.17) is 0 Å². The summed E-state index contributed by atoms with van der Waals surface area (Å²) in [4.78, 5) is 2.42. The lowest BCUT2D eigenvalue weighted by Gasteiger charge is -2.26. The highest BCUT2D eigenvalue weighted by Gasteiger charge is 2.21. The first kappa shape index (κ1) is 29.5. The molecule has 2 heterocycles. The van der Waals surface area contributed by atoms with Crippen molar-refractivity contribution in [3.8, 4) is 27.9 Å². The van der Waals surface area contributed by atoms with Crippen molar-refractivity contribution in [2.45, 2.75) is 0 Å². The Kier molecular flexibility index (Phi) is 7.04. The molecule has 0 amide bonds. The van der Waals surface area contributed by atoms with E-state index in [2.05, 4.69) is 204 Å². The summed E-state index contributed by atoms with van der Waals surface area (Å²) in [5.41, 5.74) is 11.8. The van der Waals surface area contributed by atoms with Gasteiger partial charge in [-0.15, -0.1) is 11.3 Å². The maximum atomic E-state index is 2.43. The fourth-order valence-electron chi connectivity index (χ4n) is 7.70. The molecule has 0 radical (unpaired) electrons. The Morgan fingerprint density at radius 1 is 0.412 bits per heavy atom. The number of rotatable bonds is 6. The summed E-state index contributed by atoms with van der Waals surface area (Å²) in [6.07, 6.45) is 0. The quantitative estimate of drug-likeness (QED) is 0.171. The molecule has 0 spiro atoms. The van der Waals surface area contributed by atoms with Gasteiger partial charge in [0, 0.05) is 43.3 Å². The van der Waals surface area contributed by atoms with Crippen LogP contribution in [0.5, 0.6) is 0 Å². The summed E-state index contributed by atoms with van der Waals surface area (Å²) in [6.45, 7) is 0. The lowest BCUT2D eigenvalue weighted by molar-refractivity contribution is 1.18. The van der Waals surface area contributed by atoms with E-state index in [-0.39, 0.29) is 0 Å². The van der Waals surface area contributed by atoms with Crippen molar-refractivity contribution in [2.75, 3.05) is 4.90 Å². The predicted octanol–water partition coefficient (Wildman–Crippen LogP) is 14.0. The van der Waals surface area contributed by atoms with Gasteiger partial charge >= 0.3 is 0 Å². The fraction of sp³-hybridized carbons (Fsp3) is 0. The molecule has 240 valence electrons. The van der Waals surface area contributed by atoms with Crippen molar-refractivity contribution in [1.82, 2.24) is 4.57 Å². The average molecular weight is 669 g/mol. The summed E-state index contributed by atoms with van der Waals surface area (Å²) in [7, 11) is 0. The molecule has 0 aliphatic heterocycles. The minimum absolute atomic E-state index is 1.12. The third-order valence-electron chi connectivity index (χ3n) is 9.97.